The molecule has 1 aliphatic rings. The predicted octanol–water partition coefficient (Wildman–Crippen LogP) is 1.54. The highest BCUT2D eigenvalue weighted by molar-refractivity contribution is 5.31. The van der Waals surface area contributed by atoms with Crippen molar-refractivity contribution in [1.82, 2.24) is 4.98 Å². The van der Waals surface area contributed by atoms with E-state index >= 15 is 0 Å². The van der Waals surface area contributed by atoms with E-state index in [1.807, 2.05) is 0 Å². The van der Waals surface area contributed by atoms with E-state index < -0.39 is 0 Å². The third kappa shape index (κ3) is 0.967. The Balaban J connectivity index is 2.58. The van der Waals surface area contributed by atoms with Gasteiger partial charge in [0.25, 0.3) is 0 Å². The second-order valence-corrected chi connectivity index (χ2v) is 2.53. The van der Waals surface area contributed by atoms with Crippen molar-refractivity contribution in [2.24, 2.45) is 0 Å². The zero-order valence-corrected chi connectivity index (χ0v) is 5.52. The molecule has 1 aliphatic carbocycles. The average molecular weight is 137 g/mol. The van der Waals surface area contributed by atoms with Gasteiger partial charge in [-0.1, -0.05) is 6.04 Å². The van der Waals surface area contributed by atoms with E-state index in [0.717, 1.165) is 12.8 Å². The van der Waals surface area contributed by atoms with Gasteiger partial charge in [-0.3, -0.25) is 0 Å². The molecule has 2 nitrogen and oxygen atoms in total. The van der Waals surface area contributed by atoms with Crippen LogP contribution in [0.3, 0.4) is 0 Å². The minimum Gasteiger partial charge on any atom is -0.384 e. The van der Waals surface area contributed by atoms with Gasteiger partial charge in [0.05, 0.1) is 4.11 Å². The van der Waals surface area contributed by atoms with Crippen molar-refractivity contribution in [3.63, 3.8) is 0 Å². The Bertz CT molecular complexity index is 361. The molecule has 1 saturated carbocycles. The van der Waals surface area contributed by atoms with E-state index in [1.165, 1.54) is 0 Å². The number of hydrogen-bond acceptors (Lipinski definition) is 2. The smallest absolute Gasteiger partial charge is 0.123 e. The summed E-state index contributed by atoms with van der Waals surface area (Å²) in [5.41, 5.74) is 6.05. The molecule has 0 unspecified atom stereocenters. The Morgan fingerprint density at radius 2 is 2.40 bits per heavy atom. The van der Waals surface area contributed by atoms with Crippen LogP contribution in [-0.2, 0) is 0 Å². The highest BCUT2D eigenvalue weighted by Crippen LogP contribution is 2.38. The van der Waals surface area contributed by atoms with Crippen LogP contribution >= 0.6 is 0 Å². The van der Waals surface area contributed by atoms with Gasteiger partial charge in [-0.25, -0.2) is 4.98 Å². The summed E-state index contributed by atoms with van der Waals surface area (Å²) in [5.74, 6) is 0.377. The van der Waals surface area contributed by atoms with E-state index in [-0.39, 0.29) is 23.9 Å². The lowest BCUT2D eigenvalue weighted by Crippen LogP contribution is -1.92. The summed E-state index contributed by atoms with van der Waals surface area (Å²) < 4.78 is 22.4. The third-order valence-corrected chi connectivity index (χ3v) is 1.59. The normalized spacial score (nSPS) is 21.4. The molecule has 0 bridgehead atoms. The number of pyridine rings is 1. The molecule has 52 valence electrons. The fourth-order valence-corrected chi connectivity index (χ4v) is 0.895. The monoisotopic (exact) mass is 137 g/mol. The van der Waals surface area contributed by atoms with Crippen LogP contribution in [0.5, 0.6) is 0 Å². The summed E-state index contributed by atoms with van der Waals surface area (Å²) >= 11 is 0. The molecule has 0 aromatic carbocycles. The summed E-state index contributed by atoms with van der Waals surface area (Å²) in [5, 5.41) is 0. The summed E-state index contributed by atoms with van der Waals surface area (Å²) in [6, 6.07) is -0.162. The minimum absolute atomic E-state index is 0.0710. The Morgan fingerprint density at radius 1 is 1.60 bits per heavy atom. The number of hydrogen-bond donors (Lipinski definition) is 1. The van der Waals surface area contributed by atoms with Crippen LogP contribution in [0.4, 0.5) is 5.82 Å². The Kier molecular flexibility index (Phi) is 0.666. The molecule has 0 aliphatic heterocycles. The fraction of sp³-hybridized carbons (Fsp3) is 0.375. The van der Waals surface area contributed by atoms with Crippen molar-refractivity contribution >= 4 is 5.82 Å². The molecular weight excluding hydrogens is 124 g/mol. The van der Waals surface area contributed by atoms with E-state index in [1.54, 1.807) is 0 Å². The Morgan fingerprint density at radius 3 is 3.10 bits per heavy atom. The highest BCUT2D eigenvalue weighted by atomic mass is 14.8. The van der Waals surface area contributed by atoms with Crippen LogP contribution in [0.25, 0.3) is 0 Å². The zero-order chi connectivity index (χ0) is 9.59. The second-order valence-electron chi connectivity index (χ2n) is 2.53. The summed E-state index contributed by atoms with van der Waals surface area (Å²) in [7, 11) is 0. The van der Waals surface area contributed by atoms with Crippen molar-refractivity contribution in [3.8, 4) is 0 Å². The standard InChI is InChI=1S/C8H10N2/c9-8-3-1-2-7(10-8)6-4-5-6/h1-3,6H,4-5H2,(H2,9,10)/i1D,2D,3D. The molecule has 0 saturated heterocycles. The van der Waals surface area contributed by atoms with Crippen molar-refractivity contribution in [1.29, 1.82) is 0 Å². The lowest BCUT2D eigenvalue weighted by molar-refractivity contribution is 1.03. The van der Waals surface area contributed by atoms with Gasteiger partial charge in [-0.05, 0) is 24.9 Å². The third-order valence-electron chi connectivity index (χ3n) is 1.59. The van der Waals surface area contributed by atoms with Crippen molar-refractivity contribution in [2.75, 3.05) is 5.73 Å². The number of aromatic nitrogens is 1. The van der Waals surface area contributed by atoms with Gasteiger partial charge < -0.3 is 5.73 Å². The second kappa shape index (κ2) is 1.97. The topological polar surface area (TPSA) is 38.9 Å². The van der Waals surface area contributed by atoms with Gasteiger partial charge in [0.2, 0.25) is 0 Å². The first-order valence-electron chi connectivity index (χ1n) is 4.84. The molecule has 0 spiro atoms. The van der Waals surface area contributed by atoms with E-state index in [4.69, 9.17) is 9.85 Å². The molecule has 0 atom stereocenters. The lowest BCUT2D eigenvalue weighted by atomic mass is 10.2. The van der Waals surface area contributed by atoms with Gasteiger partial charge in [0.1, 0.15) is 5.82 Å². The maximum absolute atomic E-state index is 7.58. The maximum atomic E-state index is 7.58. The molecule has 0 radical (unpaired) electrons. The van der Waals surface area contributed by atoms with E-state index in [0.29, 0.717) is 11.6 Å². The molecule has 2 heteroatoms. The largest absolute Gasteiger partial charge is 0.384 e. The van der Waals surface area contributed by atoms with Crippen molar-refractivity contribution in [2.45, 2.75) is 18.8 Å². The molecule has 1 fully saturated rings. The molecule has 2 rings (SSSR count). The average Bonchev–Trinajstić information content (AvgIpc) is 2.91. The first-order chi connectivity index (χ1) is 6.11. The molecule has 1 aromatic heterocycles. The van der Waals surface area contributed by atoms with Gasteiger partial charge in [-0.2, -0.15) is 0 Å². The number of nitrogen functional groups attached to an aromatic ring is 1. The molecule has 1 aromatic rings. The summed E-state index contributed by atoms with van der Waals surface area (Å²) in [4.78, 5) is 3.98. The number of rotatable bonds is 1. The van der Waals surface area contributed by atoms with Gasteiger partial charge in [-0.15, -0.1) is 0 Å². The number of anilines is 1. The van der Waals surface area contributed by atoms with Crippen molar-refractivity contribution < 1.29 is 4.11 Å². The van der Waals surface area contributed by atoms with Crippen LogP contribution in [0.1, 0.15) is 28.6 Å². The van der Waals surface area contributed by atoms with Crippen LogP contribution in [0.2, 0.25) is 0 Å². The van der Waals surface area contributed by atoms with Gasteiger partial charge in [0, 0.05) is 11.6 Å². The first-order valence-corrected chi connectivity index (χ1v) is 3.34. The number of nitrogens with zero attached hydrogens (tertiary/aromatic N) is 1. The minimum atomic E-state index is -0.130. The van der Waals surface area contributed by atoms with E-state index in [9.17, 15) is 0 Å². The van der Waals surface area contributed by atoms with Crippen LogP contribution in [-0.4, -0.2) is 4.98 Å². The summed E-state index contributed by atoms with van der Waals surface area (Å²) in [6.45, 7) is 0. The quantitative estimate of drug-likeness (QED) is 0.637. The Hall–Kier alpha value is -1.05. The van der Waals surface area contributed by atoms with Crippen molar-refractivity contribution in [3.05, 3.63) is 23.8 Å². The van der Waals surface area contributed by atoms with Gasteiger partial charge >= 0.3 is 0 Å². The number of nitrogens with two attached hydrogens (primary N) is 1. The highest BCUT2D eigenvalue weighted by Gasteiger charge is 2.24. The van der Waals surface area contributed by atoms with Crippen LogP contribution < -0.4 is 5.73 Å². The van der Waals surface area contributed by atoms with E-state index in [2.05, 4.69) is 4.98 Å². The molecule has 0 amide bonds. The Labute approximate surface area is 64.3 Å². The SMILES string of the molecule is [2H]c1c(N)nc(C2CC2)c([2H])c1[2H]. The molecule has 1 heterocycles. The van der Waals surface area contributed by atoms with Crippen LogP contribution in [0.15, 0.2) is 18.1 Å². The summed E-state index contributed by atoms with van der Waals surface area (Å²) in [6.07, 6.45) is 2.05. The molecule has 10 heavy (non-hydrogen) atoms. The first kappa shape index (κ1) is 3.37. The van der Waals surface area contributed by atoms with Gasteiger partial charge in [0.15, 0.2) is 0 Å². The maximum Gasteiger partial charge on any atom is 0.123 e. The fourth-order valence-electron chi connectivity index (χ4n) is 0.895. The zero-order valence-electron chi connectivity index (χ0n) is 8.52. The molecule has 2 N–H and O–H groups in total. The molecular formula is C8H10N2. The lowest BCUT2D eigenvalue weighted by Gasteiger charge is -1.96. The predicted molar refractivity (Wildman–Crippen MR) is 40.6 cm³/mol. The van der Waals surface area contributed by atoms with Crippen LogP contribution in [0, 0.1) is 0 Å².